The molecule has 6 rings (SSSR count). The van der Waals surface area contributed by atoms with E-state index in [-0.39, 0.29) is 30.1 Å². The molecule has 0 bridgehead atoms. The molecule has 2 fully saturated rings. The number of hydrogen-bond donors (Lipinski definition) is 0. The van der Waals surface area contributed by atoms with Gasteiger partial charge in [-0.1, -0.05) is 30.3 Å². The smallest absolute Gasteiger partial charge is 0.378 e. The molecule has 4 heterocycles. The van der Waals surface area contributed by atoms with Crippen LogP contribution in [-0.4, -0.2) is 53.5 Å². The summed E-state index contributed by atoms with van der Waals surface area (Å²) in [6.45, 7) is 3.64. The van der Waals surface area contributed by atoms with Gasteiger partial charge >= 0.3 is 11.9 Å². The van der Waals surface area contributed by atoms with Gasteiger partial charge in [-0.25, -0.2) is 14.2 Å². The van der Waals surface area contributed by atoms with E-state index < -0.39 is 17.4 Å². The van der Waals surface area contributed by atoms with Gasteiger partial charge in [-0.2, -0.15) is 13.2 Å². The molecule has 0 radical (unpaired) electrons. The lowest BCUT2D eigenvalue weighted by Crippen LogP contribution is -2.52. The number of pyridine rings is 1. The molecule has 2 aromatic heterocycles. The number of aryl methyl sites for hydroxylation is 1. The van der Waals surface area contributed by atoms with Crippen molar-refractivity contribution in [2.24, 2.45) is 0 Å². The van der Waals surface area contributed by atoms with E-state index >= 15 is 0 Å². The van der Waals surface area contributed by atoms with Gasteiger partial charge in [-0.3, -0.25) is 9.13 Å². The summed E-state index contributed by atoms with van der Waals surface area (Å²) in [5.41, 5.74) is 1.20. The van der Waals surface area contributed by atoms with Crippen LogP contribution in [0.2, 0.25) is 0 Å². The Morgan fingerprint density at radius 3 is 2.52 bits per heavy atom. The average molecular weight is 556 g/mol. The van der Waals surface area contributed by atoms with E-state index in [2.05, 4.69) is 4.98 Å². The molecule has 0 amide bonds. The molecular formula is C29H29F4N5O2. The SMILES string of the molecule is COC1CN(c2nccc3c2n(Cc2ccccc2C(F)(F)F)c(=O)n3C2CCN(c3c(C)cccc3F)C2)C1. The van der Waals surface area contributed by atoms with E-state index in [4.69, 9.17) is 4.74 Å². The summed E-state index contributed by atoms with van der Waals surface area (Å²) in [6, 6.07) is 11.7. The summed E-state index contributed by atoms with van der Waals surface area (Å²) in [7, 11) is 1.62. The lowest BCUT2D eigenvalue weighted by Gasteiger charge is -2.39. The number of fused-ring (bicyclic) bond motifs is 1. The lowest BCUT2D eigenvalue weighted by molar-refractivity contribution is -0.138. The molecule has 0 saturated carbocycles. The largest absolute Gasteiger partial charge is 0.416 e. The van der Waals surface area contributed by atoms with Gasteiger partial charge in [0.15, 0.2) is 5.82 Å². The first kappa shape index (κ1) is 26.4. The summed E-state index contributed by atoms with van der Waals surface area (Å²) in [5, 5.41) is 0. The highest BCUT2D eigenvalue weighted by molar-refractivity contribution is 5.88. The maximum absolute atomic E-state index is 14.8. The summed E-state index contributed by atoms with van der Waals surface area (Å²) < 4.78 is 64.9. The van der Waals surface area contributed by atoms with Crippen LogP contribution in [0.4, 0.5) is 29.1 Å². The Kier molecular flexibility index (Phi) is 6.56. The van der Waals surface area contributed by atoms with Crippen LogP contribution < -0.4 is 15.5 Å². The average Bonchev–Trinajstić information content (AvgIpc) is 3.46. The van der Waals surface area contributed by atoms with Crippen molar-refractivity contribution in [3.05, 3.63) is 87.7 Å². The van der Waals surface area contributed by atoms with E-state index in [0.29, 0.717) is 55.1 Å². The van der Waals surface area contributed by atoms with Crippen molar-refractivity contribution in [3.63, 3.8) is 0 Å². The monoisotopic (exact) mass is 555 g/mol. The van der Waals surface area contributed by atoms with Gasteiger partial charge in [0.25, 0.3) is 0 Å². The van der Waals surface area contributed by atoms with Gasteiger partial charge in [-0.05, 0) is 42.7 Å². The second-order valence-electron chi connectivity index (χ2n) is 10.5. The molecule has 7 nitrogen and oxygen atoms in total. The highest BCUT2D eigenvalue weighted by atomic mass is 19.4. The van der Waals surface area contributed by atoms with Gasteiger partial charge in [0.1, 0.15) is 11.3 Å². The highest BCUT2D eigenvalue weighted by Gasteiger charge is 2.36. The van der Waals surface area contributed by atoms with Crippen molar-refractivity contribution < 1.29 is 22.3 Å². The zero-order valence-corrected chi connectivity index (χ0v) is 22.2. The molecule has 210 valence electrons. The van der Waals surface area contributed by atoms with Crippen molar-refractivity contribution in [2.45, 2.75) is 38.2 Å². The van der Waals surface area contributed by atoms with Crippen LogP contribution in [0.3, 0.4) is 0 Å². The number of benzene rings is 2. The van der Waals surface area contributed by atoms with Crippen molar-refractivity contribution >= 4 is 22.5 Å². The normalized spacial score (nSPS) is 18.1. The number of hydrogen-bond acceptors (Lipinski definition) is 5. The van der Waals surface area contributed by atoms with Crippen LogP contribution in [0.15, 0.2) is 59.5 Å². The second-order valence-corrected chi connectivity index (χ2v) is 10.5. The molecule has 2 aliphatic heterocycles. The molecule has 4 aromatic rings. The van der Waals surface area contributed by atoms with E-state index in [1.165, 1.54) is 28.8 Å². The predicted molar refractivity (Wildman–Crippen MR) is 145 cm³/mol. The highest BCUT2D eigenvalue weighted by Crippen LogP contribution is 2.36. The van der Waals surface area contributed by atoms with Gasteiger partial charge in [0.2, 0.25) is 0 Å². The number of ether oxygens (including phenoxy) is 1. The number of para-hydroxylation sites is 1. The van der Waals surface area contributed by atoms with E-state index in [0.717, 1.165) is 11.6 Å². The number of rotatable bonds is 6. The zero-order chi connectivity index (χ0) is 28.2. The van der Waals surface area contributed by atoms with Crippen molar-refractivity contribution in [1.29, 1.82) is 0 Å². The minimum atomic E-state index is -4.56. The van der Waals surface area contributed by atoms with Crippen LogP contribution >= 0.6 is 0 Å². The number of imidazole rings is 1. The lowest BCUT2D eigenvalue weighted by atomic mass is 10.1. The summed E-state index contributed by atoms with van der Waals surface area (Å²) in [5.74, 6) is 0.210. The maximum atomic E-state index is 14.8. The number of methoxy groups -OCH3 is 1. The molecule has 1 unspecified atom stereocenters. The molecule has 40 heavy (non-hydrogen) atoms. The molecule has 2 aliphatic rings. The molecule has 0 N–H and O–H groups in total. The van der Waals surface area contributed by atoms with Gasteiger partial charge in [0, 0.05) is 39.5 Å². The Bertz CT molecular complexity index is 1600. The fraction of sp³-hybridized carbons (Fsp3) is 0.379. The first-order valence-corrected chi connectivity index (χ1v) is 13.2. The standard InChI is InChI=1S/C29H29F4N5O2/c1-18-6-5-9-23(30)25(18)35-13-11-20(15-35)38-24-10-12-34-27(36-16-21(17-36)40-2)26(24)37(28(38)39)14-19-7-3-4-8-22(19)29(31,32)33/h3-10,12,20-21H,11,13-17H2,1-2H3. The fourth-order valence-electron chi connectivity index (χ4n) is 5.99. The molecule has 2 saturated heterocycles. The first-order chi connectivity index (χ1) is 19.2. The molecule has 2 aromatic carbocycles. The van der Waals surface area contributed by atoms with Crippen LogP contribution in [0.25, 0.3) is 11.0 Å². The van der Waals surface area contributed by atoms with Crippen molar-refractivity contribution in [3.8, 4) is 0 Å². The minimum Gasteiger partial charge on any atom is -0.378 e. The Hall–Kier alpha value is -3.86. The molecular weight excluding hydrogens is 526 g/mol. The first-order valence-electron chi connectivity index (χ1n) is 13.2. The number of alkyl halides is 3. The van der Waals surface area contributed by atoms with E-state index in [1.54, 1.807) is 30.0 Å². The molecule has 0 spiro atoms. The van der Waals surface area contributed by atoms with Crippen LogP contribution in [0.1, 0.15) is 29.2 Å². The number of nitrogens with zero attached hydrogens (tertiary/aromatic N) is 5. The maximum Gasteiger partial charge on any atom is 0.416 e. The van der Waals surface area contributed by atoms with Crippen molar-refractivity contribution in [1.82, 2.24) is 14.1 Å². The number of halogens is 4. The Balaban J connectivity index is 1.47. The summed E-state index contributed by atoms with van der Waals surface area (Å²) in [6.07, 6.45) is -2.35. The third kappa shape index (κ3) is 4.42. The fourth-order valence-corrected chi connectivity index (χ4v) is 5.99. The Morgan fingerprint density at radius 1 is 1.02 bits per heavy atom. The number of anilines is 2. The minimum absolute atomic E-state index is 0.000592. The third-order valence-electron chi connectivity index (χ3n) is 8.02. The Morgan fingerprint density at radius 2 is 1.80 bits per heavy atom. The van der Waals surface area contributed by atoms with Crippen LogP contribution in [-0.2, 0) is 17.5 Å². The van der Waals surface area contributed by atoms with Gasteiger partial charge < -0.3 is 14.5 Å². The Labute approximate surface area is 228 Å². The van der Waals surface area contributed by atoms with Gasteiger partial charge in [-0.15, -0.1) is 0 Å². The van der Waals surface area contributed by atoms with Crippen LogP contribution in [0, 0.1) is 12.7 Å². The van der Waals surface area contributed by atoms with Crippen LogP contribution in [0.5, 0.6) is 0 Å². The third-order valence-corrected chi connectivity index (χ3v) is 8.02. The molecule has 11 heteroatoms. The topological polar surface area (TPSA) is 55.5 Å². The predicted octanol–water partition coefficient (Wildman–Crippen LogP) is 5.00. The molecule has 1 atom stereocenters. The van der Waals surface area contributed by atoms with Crippen molar-refractivity contribution in [2.75, 3.05) is 43.1 Å². The van der Waals surface area contributed by atoms with E-state index in [1.807, 2.05) is 22.8 Å². The summed E-state index contributed by atoms with van der Waals surface area (Å²) in [4.78, 5) is 22.6. The molecule has 0 aliphatic carbocycles. The number of aromatic nitrogens is 3. The summed E-state index contributed by atoms with van der Waals surface area (Å²) >= 11 is 0. The zero-order valence-electron chi connectivity index (χ0n) is 22.2. The van der Waals surface area contributed by atoms with E-state index in [9.17, 15) is 22.4 Å². The van der Waals surface area contributed by atoms with Gasteiger partial charge in [0.05, 0.1) is 35.5 Å². The quantitative estimate of drug-likeness (QED) is 0.314. The second kappa shape index (κ2) is 9.96.